The Morgan fingerprint density at radius 2 is 0.720 bits per heavy atom. The Hall–Kier alpha value is -1.59. The molecule has 0 aliphatic carbocycles. The zero-order chi connectivity index (χ0) is 59.3. The van der Waals surface area contributed by atoms with Gasteiger partial charge in [0.2, 0.25) is 5.91 Å². The fourth-order valence-electron chi connectivity index (χ4n) is 11.8. The Labute approximate surface area is 508 Å². The van der Waals surface area contributed by atoms with E-state index in [0.717, 1.165) is 44.9 Å². The second-order valence-electron chi connectivity index (χ2n) is 25.4. The molecule has 1 saturated heterocycles. The molecule has 484 valence electrons. The van der Waals surface area contributed by atoms with Crippen molar-refractivity contribution in [2.75, 3.05) is 13.2 Å². The van der Waals surface area contributed by atoms with Crippen molar-refractivity contribution < 1.29 is 39.8 Å². The Kier molecular flexibility index (Phi) is 59.7. The van der Waals surface area contributed by atoms with Crippen molar-refractivity contribution in [3.63, 3.8) is 0 Å². The van der Waals surface area contributed by atoms with Gasteiger partial charge in [-0.25, -0.2) is 0 Å². The van der Waals surface area contributed by atoms with E-state index in [1.165, 1.54) is 302 Å². The predicted octanol–water partition coefficient (Wildman–Crippen LogP) is 19.8. The summed E-state index contributed by atoms with van der Waals surface area (Å²) >= 11 is 0. The van der Waals surface area contributed by atoms with Crippen LogP contribution in [0.15, 0.2) is 36.5 Å². The third kappa shape index (κ3) is 50.6. The van der Waals surface area contributed by atoms with Crippen LogP contribution in [-0.2, 0) is 14.3 Å². The summed E-state index contributed by atoms with van der Waals surface area (Å²) in [6.45, 7) is 3.83. The minimum Gasteiger partial charge on any atom is -0.394 e. The van der Waals surface area contributed by atoms with Crippen LogP contribution in [0.4, 0.5) is 0 Å². The molecule has 7 unspecified atom stereocenters. The van der Waals surface area contributed by atoms with Crippen LogP contribution < -0.4 is 5.32 Å². The van der Waals surface area contributed by atoms with Crippen LogP contribution in [0, 0.1) is 0 Å². The van der Waals surface area contributed by atoms with Gasteiger partial charge in [-0.3, -0.25) is 4.79 Å². The van der Waals surface area contributed by atoms with E-state index in [9.17, 15) is 30.3 Å². The number of carbonyl (C=O) groups excluding carboxylic acids is 1. The number of allylic oxidation sites excluding steroid dienone is 5. The number of nitrogens with one attached hydrogen (secondary N) is 1. The molecule has 1 amide bonds. The molecule has 7 atom stereocenters. The van der Waals surface area contributed by atoms with Crippen molar-refractivity contribution in [3.8, 4) is 0 Å². The zero-order valence-electron chi connectivity index (χ0n) is 54.3. The fraction of sp³-hybridized carbons (Fsp3) is 0.904. The lowest BCUT2D eigenvalue weighted by Crippen LogP contribution is -2.60. The molecular weight excluding hydrogens is 1020 g/mol. The van der Waals surface area contributed by atoms with E-state index < -0.39 is 49.5 Å². The molecule has 0 bridgehead atoms. The molecule has 6 N–H and O–H groups in total. The van der Waals surface area contributed by atoms with Crippen LogP contribution in [0.25, 0.3) is 0 Å². The maximum absolute atomic E-state index is 13.1. The molecule has 1 aliphatic rings. The smallest absolute Gasteiger partial charge is 0.220 e. The van der Waals surface area contributed by atoms with Crippen LogP contribution in [0.1, 0.15) is 367 Å². The molecule has 1 rings (SSSR count). The number of rotatable bonds is 64. The van der Waals surface area contributed by atoms with Crippen LogP contribution in [0.3, 0.4) is 0 Å². The minimum atomic E-state index is -1.57. The number of amides is 1. The molecule has 1 aliphatic heterocycles. The van der Waals surface area contributed by atoms with Crippen molar-refractivity contribution in [1.82, 2.24) is 5.32 Å². The number of aliphatic hydroxyl groups is 5. The first-order valence-corrected chi connectivity index (χ1v) is 36.2. The van der Waals surface area contributed by atoms with Crippen LogP contribution in [0.2, 0.25) is 0 Å². The maximum atomic E-state index is 13.1. The van der Waals surface area contributed by atoms with E-state index in [1.807, 2.05) is 6.08 Å². The maximum Gasteiger partial charge on any atom is 0.220 e. The first kappa shape index (κ1) is 78.4. The van der Waals surface area contributed by atoms with Gasteiger partial charge in [-0.2, -0.15) is 0 Å². The Balaban J connectivity index is 2.11. The molecule has 0 radical (unpaired) electrons. The van der Waals surface area contributed by atoms with Gasteiger partial charge in [0, 0.05) is 6.42 Å². The largest absolute Gasteiger partial charge is 0.394 e. The number of hydrogen-bond donors (Lipinski definition) is 6. The van der Waals surface area contributed by atoms with Crippen LogP contribution >= 0.6 is 0 Å². The van der Waals surface area contributed by atoms with Gasteiger partial charge in [-0.15, -0.1) is 0 Å². The highest BCUT2D eigenvalue weighted by atomic mass is 16.7. The van der Waals surface area contributed by atoms with Gasteiger partial charge >= 0.3 is 0 Å². The minimum absolute atomic E-state index is 0.169. The highest BCUT2D eigenvalue weighted by Crippen LogP contribution is 2.24. The molecule has 82 heavy (non-hydrogen) atoms. The topological polar surface area (TPSA) is 149 Å². The van der Waals surface area contributed by atoms with E-state index in [2.05, 4.69) is 43.5 Å². The quantitative estimate of drug-likeness (QED) is 0.0261. The lowest BCUT2D eigenvalue weighted by Gasteiger charge is -2.40. The first-order chi connectivity index (χ1) is 40.3. The van der Waals surface area contributed by atoms with Crippen molar-refractivity contribution >= 4 is 5.91 Å². The summed E-state index contributed by atoms with van der Waals surface area (Å²) in [4.78, 5) is 13.1. The summed E-state index contributed by atoms with van der Waals surface area (Å²) in [5.41, 5.74) is 0. The molecule has 1 heterocycles. The second-order valence-corrected chi connectivity index (χ2v) is 25.4. The van der Waals surface area contributed by atoms with E-state index in [4.69, 9.17) is 9.47 Å². The third-order valence-electron chi connectivity index (χ3n) is 17.5. The van der Waals surface area contributed by atoms with Gasteiger partial charge in [0.05, 0.1) is 25.4 Å². The van der Waals surface area contributed by atoms with Crippen molar-refractivity contribution in [3.05, 3.63) is 36.5 Å². The Morgan fingerprint density at radius 1 is 0.415 bits per heavy atom. The molecular formula is C73H139NO8. The van der Waals surface area contributed by atoms with E-state index in [-0.39, 0.29) is 12.5 Å². The van der Waals surface area contributed by atoms with Gasteiger partial charge in [0.1, 0.15) is 24.4 Å². The van der Waals surface area contributed by atoms with Gasteiger partial charge in [-0.05, 0) is 51.4 Å². The molecule has 0 aromatic heterocycles. The normalized spacial score (nSPS) is 18.5. The lowest BCUT2D eigenvalue weighted by atomic mass is 9.99. The summed E-state index contributed by atoms with van der Waals surface area (Å²) in [5, 5.41) is 54.8. The predicted molar refractivity (Wildman–Crippen MR) is 350 cm³/mol. The number of ether oxygens (including phenoxy) is 2. The SMILES string of the molecule is CCCCCCC/C=C\C/C=C\CCCCCCCCCCCCCCCCCCCCCC(=O)NC(COC1OC(CO)C(O)C(O)C1O)C(O)/C=C/CCCCCCCCCCCCCCCCCCCCCCCCCCCC. The third-order valence-corrected chi connectivity index (χ3v) is 17.5. The molecule has 0 saturated carbocycles. The Morgan fingerprint density at radius 3 is 1.05 bits per heavy atom. The average molecular weight is 1160 g/mol. The van der Waals surface area contributed by atoms with E-state index in [0.29, 0.717) is 6.42 Å². The fourth-order valence-corrected chi connectivity index (χ4v) is 11.8. The van der Waals surface area contributed by atoms with Gasteiger partial charge < -0.3 is 40.3 Å². The summed E-state index contributed by atoms with van der Waals surface area (Å²) in [5.74, 6) is -0.169. The summed E-state index contributed by atoms with van der Waals surface area (Å²) in [7, 11) is 0. The van der Waals surface area contributed by atoms with Crippen molar-refractivity contribution in [1.29, 1.82) is 0 Å². The molecule has 9 heteroatoms. The molecule has 0 aromatic carbocycles. The number of hydrogen-bond acceptors (Lipinski definition) is 8. The van der Waals surface area contributed by atoms with Crippen molar-refractivity contribution in [2.24, 2.45) is 0 Å². The number of unbranched alkanes of at least 4 members (excludes halogenated alkanes) is 50. The van der Waals surface area contributed by atoms with E-state index >= 15 is 0 Å². The second kappa shape index (κ2) is 62.5. The molecule has 0 aromatic rings. The average Bonchev–Trinajstić information content (AvgIpc) is 3.52. The van der Waals surface area contributed by atoms with Crippen LogP contribution in [0.5, 0.6) is 0 Å². The zero-order valence-corrected chi connectivity index (χ0v) is 54.3. The number of aliphatic hydroxyl groups excluding tert-OH is 5. The Bertz CT molecular complexity index is 1390. The lowest BCUT2D eigenvalue weighted by molar-refractivity contribution is -0.302. The highest BCUT2D eigenvalue weighted by Gasteiger charge is 2.44. The first-order valence-electron chi connectivity index (χ1n) is 36.2. The highest BCUT2D eigenvalue weighted by molar-refractivity contribution is 5.76. The van der Waals surface area contributed by atoms with Gasteiger partial charge in [-0.1, -0.05) is 346 Å². The monoisotopic (exact) mass is 1160 g/mol. The summed E-state index contributed by atoms with van der Waals surface area (Å²) < 4.78 is 11.3. The summed E-state index contributed by atoms with van der Waals surface area (Å²) in [6, 6.07) is -0.805. The molecule has 9 nitrogen and oxygen atoms in total. The van der Waals surface area contributed by atoms with Crippen molar-refractivity contribution in [2.45, 2.75) is 410 Å². The van der Waals surface area contributed by atoms with E-state index in [1.54, 1.807) is 6.08 Å². The summed E-state index contributed by atoms with van der Waals surface area (Å²) in [6.07, 6.45) is 76.9. The molecule has 0 spiro atoms. The number of carbonyl (C=O) groups is 1. The van der Waals surface area contributed by atoms with Gasteiger partial charge in [0.25, 0.3) is 0 Å². The van der Waals surface area contributed by atoms with Crippen LogP contribution in [-0.4, -0.2) is 87.5 Å². The standard InChI is InChI=1S/C73H139NO8/c1-3-5-7-9-11-13-15-17-19-21-23-25-27-29-31-33-34-35-37-39-41-43-45-47-49-51-53-55-57-59-61-63-69(77)74-66(65-81-73-72(80)71(79)70(78)68(64-75)82-73)67(76)62-60-58-56-54-52-50-48-46-44-42-40-38-36-32-30-28-26-24-22-20-18-16-14-12-10-8-6-4-2/h15,17,21,23,60,62,66-68,70-73,75-76,78-80H,3-14,16,18-20,22,24-59,61,63-65H2,1-2H3,(H,74,77)/b17-15-,23-21-,62-60+. The molecule has 1 fully saturated rings. The van der Waals surface area contributed by atoms with Gasteiger partial charge in [0.15, 0.2) is 6.29 Å².